The van der Waals surface area contributed by atoms with Crippen LogP contribution < -0.4 is 5.46 Å². The summed E-state index contributed by atoms with van der Waals surface area (Å²) in [6.45, 7) is 10.5. The minimum atomic E-state index is -4.23. The van der Waals surface area contributed by atoms with E-state index in [-0.39, 0.29) is 6.42 Å². The lowest BCUT2D eigenvalue weighted by atomic mass is 9.79. The van der Waals surface area contributed by atoms with Crippen LogP contribution in [0.4, 0.5) is 13.2 Å². The Labute approximate surface area is 156 Å². The first-order valence-corrected chi connectivity index (χ1v) is 9.48. The van der Waals surface area contributed by atoms with Gasteiger partial charge < -0.3 is 9.31 Å². The summed E-state index contributed by atoms with van der Waals surface area (Å²) in [5.41, 5.74) is -1.71. The molecule has 2 aromatic rings. The zero-order valence-corrected chi connectivity index (χ0v) is 16.8. The summed E-state index contributed by atoms with van der Waals surface area (Å²) in [6, 6.07) is 7.67. The van der Waals surface area contributed by atoms with Gasteiger partial charge in [0.25, 0.3) is 0 Å². The zero-order valence-electron chi connectivity index (χ0n) is 16.0. The molecule has 0 spiro atoms. The minimum absolute atomic E-state index is 0.0261. The molecule has 1 fully saturated rings. The molecule has 1 aromatic carbocycles. The highest BCUT2D eigenvalue weighted by atomic mass is 32.1. The average molecular weight is 384 g/mol. The Morgan fingerprint density at radius 3 is 2.12 bits per heavy atom. The second-order valence-corrected chi connectivity index (χ2v) is 9.82. The van der Waals surface area contributed by atoms with Gasteiger partial charge in [-0.25, -0.2) is 0 Å². The number of hydrogen-bond acceptors (Lipinski definition) is 3. The molecule has 2 heterocycles. The van der Waals surface area contributed by atoms with Gasteiger partial charge in [-0.05, 0) is 57.1 Å². The lowest BCUT2D eigenvalue weighted by Crippen LogP contribution is -2.41. The molecule has 1 aliphatic heterocycles. The van der Waals surface area contributed by atoms with Crippen LogP contribution in [-0.2, 0) is 15.7 Å². The number of alkyl halides is 3. The van der Waals surface area contributed by atoms with Crippen molar-refractivity contribution in [1.29, 1.82) is 0 Å². The van der Waals surface area contributed by atoms with Crippen LogP contribution in [0.15, 0.2) is 24.3 Å². The number of hydrogen-bond donors (Lipinski definition) is 0. The standard InChI is InChI=1S/C19H24BF3O2S/c1-16(2,19(21,22)23)11-14-9-12-7-8-13(10-15(12)26-14)20-24-17(3,4)18(5,6)25-20/h7-10H,11H2,1-6H3. The fourth-order valence-corrected chi connectivity index (χ4v) is 4.19. The number of fused-ring (bicyclic) bond motifs is 1. The molecule has 0 amide bonds. The third kappa shape index (κ3) is 3.41. The van der Waals surface area contributed by atoms with Crippen molar-refractivity contribution in [3.8, 4) is 0 Å². The summed E-state index contributed by atoms with van der Waals surface area (Å²) in [7, 11) is -0.471. The topological polar surface area (TPSA) is 18.5 Å². The second kappa shape index (κ2) is 5.98. The van der Waals surface area contributed by atoms with Gasteiger partial charge in [0, 0.05) is 9.58 Å². The smallest absolute Gasteiger partial charge is 0.399 e. The third-order valence-corrected chi connectivity index (χ3v) is 6.60. The minimum Gasteiger partial charge on any atom is -0.399 e. The Bertz CT molecular complexity index is 808. The molecule has 0 N–H and O–H groups in total. The van der Waals surface area contributed by atoms with Crippen molar-refractivity contribution in [3.63, 3.8) is 0 Å². The third-order valence-electron chi connectivity index (χ3n) is 5.50. The van der Waals surface area contributed by atoms with Gasteiger partial charge >= 0.3 is 13.3 Å². The Morgan fingerprint density at radius 2 is 1.58 bits per heavy atom. The summed E-state index contributed by atoms with van der Waals surface area (Å²) < 4.78 is 52.6. The first-order valence-electron chi connectivity index (χ1n) is 8.67. The quantitative estimate of drug-likeness (QED) is 0.666. The maximum Gasteiger partial charge on any atom is 0.494 e. The highest BCUT2D eigenvalue weighted by Gasteiger charge is 2.51. The lowest BCUT2D eigenvalue weighted by Gasteiger charge is -2.32. The van der Waals surface area contributed by atoms with Crippen molar-refractivity contribution < 1.29 is 22.5 Å². The second-order valence-electron chi connectivity index (χ2n) is 8.66. The molecule has 0 atom stereocenters. The Hall–Kier alpha value is -1.05. The SMILES string of the molecule is CC(C)(Cc1cc2ccc(B3OC(C)(C)C(C)(C)O3)cc2s1)C(F)(F)F. The molecule has 0 saturated carbocycles. The van der Waals surface area contributed by atoms with E-state index in [0.29, 0.717) is 0 Å². The predicted molar refractivity (Wildman–Crippen MR) is 101 cm³/mol. The highest BCUT2D eigenvalue weighted by molar-refractivity contribution is 7.19. The molecule has 0 bridgehead atoms. The average Bonchev–Trinajstić information content (AvgIpc) is 2.93. The van der Waals surface area contributed by atoms with Crippen molar-refractivity contribution in [1.82, 2.24) is 0 Å². The summed E-state index contributed by atoms with van der Waals surface area (Å²) in [6.07, 6.45) is -4.25. The fraction of sp³-hybridized carbons (Fsp3) is 0.579. The van der Waals surface area contributed by atoms with E-state index in [1.165, 1.54) is 25.2 Å². The molecule has 2 nitrogen and oxygen atoms in total. The van der Waals surface area contributed by atoms with Gasteiger partial charge in [0.05, 0.1) is 16.6 Å². The normalized spacial score (nSPS) is 20.1. The molecule has 1 saturated heterocycles. The molecule has 142 valence electrons. The molecule has 0 radical (unpaired) electrons. The van der Waals surface area contributed by atoms with Crippen LogP contribution in [0, 0.1) is 5.41 Å². The summed E-state index contributed by atoms with van der Waals surface area (Å²) >= 11 is 1.40. The van der Waals surface area contributed by atoms with E-state index in [2.05, 4.69) is 0 Å². The highest BCUT2D eigenvalue weighted by Crippen LogP contribution is 2.42. The molecule has 1 aliphatic rings. The predicted octanol–water partition coefficient (Wildman–Crippen LogP) is 5.33. The molecule has 3 rings (SSSR count). The van der Waals surface area contributed by atoms with Crippen LogP contribution in [0.3, 0.4) is 0 Å². The monoisotopic (exact) mass is 384 g/mol. The van der Waals surface area contributed by atoms with E-state index in [1.54, 1.807) is 0 Å². The first kappa shape index (κ1) is 19.7. The van der Waals surface area contributed by atoms with Gasteiger partial charge in [-0.15, -0.1) is 11.3 Å². The zero-order chi connectivity index (χ0) is 19.5. The molecule has 1 aromatic heterocycles. The largest absolute Gasteiger partial charge is 0.494 e. The van der Waals surface area contributed by atoms with Gasteiger partial charge in [0.15, 0.2) is 0 Å². The number of thiophene rings is 1. The lowest BCUT2D eigenvalue weighted by molar-refractivity contribution is -0.210. The van der Waals surface area contributed by atoms with Crippen molar-refractivity contribution in [3.05, 3.63) is 29.1 Å². The van der Waals surface area contributed by atoms with E-state index in [1.807, 2.05) is 52.0 Å². The Morgan fingerprint density at radius 1 is 1.00 bits per heavy atom. The van der Waals surface area contributed by atoms with Crippen LogP contribution in [0.2, 0.25) is 0 Å². The molecule has 0 unspecified atom stereocenters. The van der Waals surface area contributed by atoms with Crippen molar-refractivity contribution in [2.45, 2.75) is 65.3 Å². The summed E-state index contributed by atoms with van der Waals surface area (Å²) in [5.74, 6) is 0. The van der Waals surface area contributed by atoms with Crippen LogP contribution in [0.1, 0.15) is 46.4 Å². The molecule has 0 aliphatic carbocycles. The molecular weight excluding hydrogens is 360 g/mol. The van der Waals surface area contributed by atoms with E-state index in [0.717, 1.165) is 20.4 Å². The van der Waals surface area contributed by atoms with Gasteiger partial charge in [-0.3, -0.25) is 0 Å². The van der Waals surface area contributed by atoms with E-state index < -0.39 is 29.9 Å². The van der Waals surface area contributed by atoms with Crippen LogP contribution in [0.5, 0.6) is 0 Å². The maximum absolute atomic E-state index is 13.2. The molecule has 7 heteroatoms. The van der Waals surface area contributed by atoms with Gasteiger partial charge in [-0.1, -0.05) is 26.0 Å². The van der Waals surface area contributed by atoms with Gasteiger partial charge in [-0.2, -0.15) is 13.2 Å². The van der Waals surface area contributed by atoms with Crippen LogP contribution in [0.25, 0.3) is 10.1 Å². The van der Waals surface area contributed by atoms with E-state index in [9.17, 15) is 13.2 Å². The Kier molecular flexibility index (Phi) is 4.53. The van der Waals surface area contributed by atoms with E-state index in [4.69, 9.17) is 9.31 Å². The van der Waals surface area contributed by atoms with Crippen LogP contribution in [-0.4, -0.2) is 24.5 Å². The summed E-state index contributed by atoms with van der Waals surface area (Å²) in [4.78, 5) is 0.730. The fourth-order valence-electron chi connectivity index (χ4n) is 2.85. The van der Waals surface area contributed by atoms with Gasteiger partial charge in [0.2, 0.25) is 0 Å². The van der Waals surface area contributed by atoms with Crippen molar-refractivity contribution in [2.24, 2.45) is 5.41 Å². The number of rotatable bonds is 3. The van der Waals surface area contributed by atoms with Gasteiger partial charge in [0.1, 0.15) is 0 Å². The number of halogens is 3. The first-order chi connectivity index (χ1) is 11.7. The molecule has 26 heavy (non-hydrogen) atoms. The van der Waals surface area contributed by atoms with Crippen molar-refractivity contribution in [2.75, 3.05) is 0 Å². The maximum atomic E-state index is 13.2. The van der Waals surface area contributed by atoms with Crippen molar-refractivity contribution >= 4 is 34.0 Å². The van der Waals surface area contributed by atoms with Crippen LogP contribution >= 0.6 is 11.3 Å². The summed E-state index contributed by atoms with van der Waals surface area (Å²) in [5, 5.41) is 0.947. The number of benzene rings is 1. The van der Waals surface area contributed by atoms with E-state index >= 15 is 0 Å². The molecular formula is C19H24BF3O2S. The Balaban J connectivity index is 1.87.